The zero-order valence-electron chi connectivity index (χ0n) is 8.31. The highest BCUT2D eigenvalue weighted by Gasteiger charge is 2.34. The number of aliphatic carboxylic acids is 1. The summed E-state index contributed by atoms with van der Waals surface area (Å²) in [6.07, 6.45) is 1.03. The predicted molar refractivity (Wildman–Crippen MR) is 54.4 cm³/mol. The molecule has 7 heteroatoms. The maximum Gasteiger partial charge on any atom is 0.321 e. The molecule has 14 heavy (non-hydrogen) atoms. The summed E-state index contributed by atoms with van der Waals surface area (Å²) >= 11 is 0. The van der Waals surface area contributed by atoms with Crippen molar-refractivity contribution in [1.29, 1.82) is 0 Å². The molecule has 0 fully saturated rings. The molecule has 0 rings (SSSR count). The third kappa shape index (κ3) is 4.19. The lowest BCUT2D eigenvalue weighted by Crippen LogP contribution is -2.38. The van der Waals surface area contributed by atoms with Gasteiger partial charge in [0.25, 0.3) is 0 Å². The Morgan fingerprint density at radius 1 is 1.43 bits per heavy atom. The zero-order valence-corrected chi connectivity index (χ0v) is 9.94. The Labute approximate surface area is 85.9 Å². The molecule has 0 spiro atoms. The number of carbonyl (C=O) groups is 1. The van der Waals surface area contributed by atoms with Gasteiger partial charge in [0.1, 0.15) is 14.6 Å². The van der Waals surface area contributed by atoms with Crippen LogP contribution in [0.25, 0.3) is 0 Å². The Bertz CT molecular complexity index is 341. The summed E-state index contributed by atoms with van der Waals surface area (Å²) in [5.41, 5.74) is 0. The number of hydrogen-bond donors (Lipinski definition) is 1. The molecule has 0 aliphatic carbocycles. The first-order valence-corrected chi connectivity index (χ1v) is 7.25. The maximum absolute atomic E-state index is 11.4. The summed E-state index contributed by atoms with van der Waals surface area (Å²) < 4.78 is 31.5. The number of rotatable bonds is 5. The first-order chi connectivity index (χ1) is 6.07. The van der Waals surface area contributed by atoms with Crippen molar-refractivity contribution < 1.29 is 22.5 Å². The lowest BCUT2D eigenvalue weighted by molar-refractivity contribution is -0.139. The summed E-state index contributed by atoms with van der Waals surface area (Å²) in [6.45, 7) is 2.63. The van der Waals surface area contributed by atoms with E-state index in [0.29, 0.717) is 0 Å². The Morgan fingerprint density at radius 3 is 2.14 bits per heavy atom. The Balaban J connectivity index is 4.45. The quantitative estimate of drug-likeness (QED) is 0.711. The highest BCUT2D eigenvalue weighted by Crippen LogP contribution is 2.13. The lowest BCUT2D eigenvalue weighted by atomic mass is 10.2. The first kappa shape index (κ1) is 13.6. The van der Waals surface area contributed by atoms with E-state index in [-0.39, 0.29) is 11.5 Å². The highest BCUT2D eigenvalue weighted by atomic mass is 32.2. The molecular formula is C7H14O5S2. The van der Waals surface area contributed by atoms with Gasteiger partial charge < -0.3 is 5.11 Å². The second-order valence-corrected chi connectivity index (χ2v) is 7.87. The van der Waals surface area contributed by atoms with E-state index < -0.39 is 31.4 Å². The number of carboxylic acid groups (broad SMARTS) is 1. The van der Waals surface area contributed by atoms with Gasteiger partial charge in [0.15, 0.2) is 0 Å². The van der Waals surface area contributed by atoms with E-state index in [1.165, 1.54) is 13.8 Å². The van der Waals surface area contributed by atoms with Gasteiger partial charge in [0, 0.05) is 22.8 Å². The number of carboxylic acids is 1. The van der Waals surface area contributed by atoms with Gasteiger partial charge in [0.05, 0.1) is 5.75 Å². The van der Waals surface area contributed by atoms with E-state index in [9.17, 15) is 17.4 Å². The fourth-order valence-corrected chi connectivity index (χ4v) is 3.10. The second kappa shape index (κ2) is 4.39. The van der Waals surface area contributed by atoms with Crippen LogP contribution in [0, 0.1) is 0 Å². The molecular weight excluding hydrogens is 228 g/mol. The normalized spacial score (nSPS) is 15.1. The van der Waals surface area contributed by atoms with Crippen LogP contribution in [-0.2, 0) is 25.4 Å². The van der Waals surface area contributed by atoms with Crippen molar-refractivity contribution >= 4 is 26.6 Å². The van der Waals surface area contributed by atoms with E-state index in [1.54, 1.807) is 0 Å². The molecule has 0 bridgehead atoms. The van der Waals surface area contributed by atoms with Crippen LogP contribution in [0.5, 0.6) is 0 Å². The zero-order chi connectivity index (χ0) is 11.6. The smallest absolute Gasteiger partial charge is 0.321 e. The monoisotopic (exact) mass is 242 g/mol. The van der Waals surface area contributed by atoms with Crippen molar-refractivity contribution in [2.75, 3.05) is 17.8 Å². The molecule has 1 N–H and O–H groups in total. The van der Waals surface area contributed by atoms with Crippen molar-refractivity contribution in [3.05, 3.63) is 0 Å². The van der Waals surface area contributed by atoms with Gasteiger partial charge in [-0.3, -0.25) is 9.00 Å². The Hall–Kier alpha value is -0.430. The molecule has 0 saturated carbocycles. The molecule has 0 amide bonds. The maximum atomic E-state index is 11.4. The summed E-state index contributed by atoms with van der Waals surface area (Å²) in [7, 11) is -4.88. The minimum Gasteiger partial charge on any atom is -0.480 e. The average molecular weight is 242 g/mol. The lowest BCUT2D eigenvalue weighted by Gasteiger charge is -2.17. The highest BCUT2D eigenvalue weighted by molar-refractivity contribution is 7.93. The Kier molecular flexibility index (Phi) is 4.26. The summed E-state index contributed by atoms with van der Waals surface area (Å²) in [6, 6.07) is 0. The molecule has 0 aromatic heterocycles. The SMILES string of the molecule is CC(C)(C(=O)O)S(=O)CCS(C)(=O)=O. The van der Waals surface area contributed by atoms with Crippen molar-refractivity contribution in [2.24, 2.45) is 0 Å². The van der Waals surface area contributed by atoms with Crippen LogP contribution in [0.15, 0.2) is 0 Å². The third-order valence-electron chi connectivity index (χ3n) is 1.72. The largest absolute Gasteiger partial charge is 0.480 e. The van der Waals surface area contributed by atoms with Gasteiger partial charge in [-0.1, -0.05) is 0 Å². The van der Waals surface area contributed by atoms with Crippen LogP contribution in [-0.4, -0.2) is 46.2 Å². The molecule has 0 aromatic carbocycles. The van der Waals surface area contributed by atoms with E-state index >= 15 is 0 Å². The first-order valence-electron chi connectivity index (χ1n) is 3.87. The second-order valence-electron chi connectivity index (χ2n) is 3.49. The van der Waals surface area contributed by atoms with E-state index in [0.717, 1.165) is 6.26 Å². The third-order valence-corrected chi connectivity index (χ3v) is 4.82. The molecule has 1 unspecified atom stereocenters. The van der Waals surface area contributed by atoms with Crippen LogP contribution in [0.1, 0.15) is 13.8 Å². The summed E-state index contributed by atoms with van der Waals surface area (Å²) in [5.74, 6) is -1.58. The molecule has 0 aliphatic rings. The Morgan fingerprint density at radius 2 is 1.86 bits per heavy atom. The molecule has 5 nitrogen and oxygen atoms in total. The number of sulfone groups is 1. The molecule has 84 valence electrons. The molecule has 0 aliphatic heterocycles. The van der Waals surface area contributed by atoms with Gasteiger partial charge in [-0.25, -0.2) is 8.42 Å². The van der Waals surface area contributed by atoms with Gasteiger partial charge in [0.2, 0.25) is 0 Å². The summed E-state index contributed by atoms with van der Waals surface area (Å²) in [5, 5.41) is 8.70. The van der Waals surface area contributed by atoms with Crippen LogP contribution in [0.4, 0.5) is 0 Å². The van der Waals surface area contributed by atoms with Crippen molar-refractivity contribution in [2.45, 2.75) is 18.6 Å². The van der Waals surface area contributed by atoms with E-state index in [2.05, 4.69) is 0 Å². The standard InChI is InChI=1S/C7H14O5S2/c1-7(2,6(8)9)13(10)4-5-14(3,11)12/h4-5H2,1-3H3,(H,8,9). The molecule has 0 aromatic rings. The molecule has 0 saturated heterocycles. The van der Waals surface area contributed by atoms with Crippen molar-refractivity contribution in [3.8, 4) is 0 Å². The summed E-state index contributed by atoms with van der Waals surface area (Å²) in [4.78, 5) is 10.6. The minimum absolute atomic E-state index is 0.141. The van der Waals surface area contributed by atoms with Crippen LogP contribution in [0.3, 0.4) is 0 Å². The van der Waals surface area contributed by atoms with Crippen molar-refractivity contribution in [3.63, 3.8) is 0 Å². The fraction of sp³-hybridized carbons (Fsp3) is 0.857. The minimum atomic E-state index is -3.19. The number of hydrogen-bond acceptors (Lipinski definition) is 4. The molecule has 1 atom stereocenters. The van der Waals surface area contributed by atoms with Gasteiger partial charge in [-0.05, 0) is 13.8 Å². The van der Waals surface area contributed by atoms with E-state index in [4.69, 9.17) is 5.11 Å². The van der Waals surface area contributed by atoms with Gasteiger partial charge in [-0.15, -0.1) is 0 Å². The van der Waals surface area contributed by atoms with Crippen LogP contribution in [0.2, 0.25) is 0 Å². The molecule has 0 radical (unpaired) electrons. The van der Waals surface area contributed by atoms with E-state index in [1.807, 2.05) is 0 Å². The topological polar surface area (TPSA) is 88.5 Å². The molecule has 0 heterocycles. The van der Waals surface area contributed by atoms with Crippen molar-refractivity contribution in [1.82, 2.24) is 0 Å². The average Bonchev–Trinajstić information content (AvgIpc) is 1.98. The van der Waals surface area contributed by atoms with Gasteiger partial charge >= 0.3 is 5.97 Å². The van der Waals surface area contributed by atoms with Gasteiger partial charge in [-0.2, -0.15) is 0 Å². The fourth-order valence-electron chi connectivity index (χ4n) is 0.580. The van der Waals surface area contributed by atoms with Crippen LogP contribution < -0.4 is 0 Å². The predicted octanol–water partition coefficient (Wildman–Crippen LogP) is -0.357. The van der Waals surface area contributed by atoms with Crippen LogP contribution >= 0.6 is 0 Å².